The van der Waals surface area contributed by atoms with Crippen LogP contribution in [0, 0.1) is 0 Å². The summed E-state index contributed by atoms with van der Waals surface area (Å²) in [6, 6.07) is 19.8. The van der Waals surface area contributed by atoms with Crippen LogP contribution in [0.4, 0.5) is 11.5 Å². The van der Waals surface area contributed by atoms with Crippen LogP contribution in [0.15, 0.2) is 85.7 Å². The van der Waals surface area contributed by atoms with E-state index < -0.39 is 5.91 Å². The van der Waals surface area contributed by atoms with Gasteiger partial charge in [0, 0.05) is 29.7 Å². The number of para-hydroxylation sites is 1. The number of fused-ring (bicyclic) bond motifs is 1. The lowest BCUT2D eigenvalue weighted by Gasteiger charge is -2.24. The first-order valence-electron chi connectivity index (χ1n) is 12.5. The van der Waals surface area contributed by atoms with E-state index in [-0.39, 0.29) is 11.9 Å². The summed E-state index contributed by atoms with van der Waals surface area (Å²) in [6.07, 6.45) is 4.02. The lowest BCUT2D eigenvalue weighted by atomic mass is 10.0. The lowest BCUT2D eigenvalue weighted by molar-refractivity contribution is 0.0998. The molecule has 0 aliphatic carbocycles. The van der Waals surface area contributed by atoms with E-state index in [9.17, 15) is 9.59 Å². The Kier molecular flexibility index (Phi) is 8.86. The summed E-state index contributed by atoms with van der Waals surface area (Å²) in [4.78, 5) is 35.8. The number of nitrogens with one attached hydrogen (secondary N) is 2. The Morgan fingerprint density at radius 3 is 2.59 bits per heavy atom. The number of methoxy groups -OCH3 is 1. The molecule has 0 aliphatic heterocycles. The minimum Gasteiger partial charge on any atom is -0.497 e. The SMILES string of the molecule is C=CCN(C)CCC(Nc1ncnc2c(C(N)=O)cccc12)c1cccc(NC(=O)c2ccc(OC)cc2)c1. The average molecular weight is 525 g/mol. The highest BCUT2D eigenvalue weighted by molar-refractivity contribution is 6.07. The van der Waals surface area contributed by atoms with Crippen LogP contribution in [-0.4, -0.2) is 53.9 Å². The fourth-order valence-corrected chi connectivity index (χ4v) is 4.33. The van der Waals surface area contributed by atoms with Crippen LogP contribution in [0.5, 0.6) is 5.75 Å². The third-order valence-electron chi connectivity index (χ3n) is 6.38. The van der Waals surface area contributed by atoms with E-state index in [0.29, 0.717) is 39.3 Å². The van der Waals surface area contributed by atoms with Gasteiger partial charge in [-0.05, 0) is 67.6 Å². The summed E-state index contributed by atoms with van der Waals surface area (Å²) in [7, 11) is 3.62. The predicted octanol–water partition coefficient (Wildman–Crippen LogP) is 4.65. The predicted molar refractivity (Wildman–Crippen MR) is 154 cm³/mol. The number of benzene rings is 3. The van der Waals surface area contributed by atoms with Crippen molar-refractivity contribution in [2.45, 2.75) is 12.5 Å². The Balaban J connectivity index is 1.63. The van der Waals surface area contributed by atoms with Crippen LogP contribution < -0.4 is 21.1 Å². The van der Waals surface area contributed by atoms with Crippen molar-refractivity contribution >= 4 is 34.2 Å². The number of carbonyl (C=O) groups excluding carboxylic acids is 2. The molecule has 4 aromatic rings. The molecule has 0 radical (unpaired) electrons. The van der Waals surface area contributed by atoms with E-state index in [1.165, 1.54) is 6.33 Å². The molecule has 0 spiro atoms. The van der Waals surface area contributed by atoms with Gasteiger partial charge in [0.15, 0.2) is 0 Å². The number of amides is 2. The highest BCUT2D eigenvalue weighted by Gasteiger charge is 2.18. The summed E-state index contributed by atoms with van der Waals surface area (Å²) in [6.45, 7) is 5.36. The van der Waals surface area contributed by atoms with Crippen LogP contribution in [0.2, 0.25) is 0 Å². The third kappa shape index (κ3) is 6.77. The van der Waals surface area contributed by atoms with Gasteiger partial charge in [0.2, 0.25) is 0 Å². The smallest absolute Gasteiger partial charge is 0.255 e. The number of nitrogens with two attached hydrogens (primary N) is 1. The summed E-state index contributed by atoms with van der Waals surface area (Å²) >= 11 is 0. The quantitative estimate of drug-likeness (QED) is 0.231. The minimum absolute atomic E-state index is 0.162. The fraction of sp³-hybridized carbons (Fsp3) is 0.200. The zero-order valence-electron chi connectivity index (χ0n) is 22.1. The summed E-state index contributed by atoms with van der Waals surface area (Å²) in [5.74, 6) is 0.509. The monoisotopic (exact) mass is 524 g/mol. The van der Waals surface area contributed by atoms with Crippen molar-refractivity contribution in [2.24, 2.45) is 5.73 Å². The first-order valence-corrected chi connectivity index (χ1v) is 12.5. The van der Waals surface area contributed by atoms with Gasteiger partial charge in [-0.15, -0.1) is 6.58 Å². The molecule has 0 aliphatic rings. The van der Waals surface area contributed by atoms with Crippen molar-refractivity contribution in [3.05, 3.63) is 102 Å². The van der Waals surface area contributed by atoms with Gasteiger partial charge in [0.25, 0.3) is 11.8 Å². The first kappa shape index (κ1) is 27.3. The number of nitrogens with zero attached hydrogens (tertiary/aromatic N) is 3. The molecule has 39 heavy (non-hydrogen) atoms. The molecule has 4 rings (SSSR count). The second kappa shape index (κ2) is 12.7. The third-order valence-corrected chi connectivity index (χ3v) is 6.38. The normalized spacial score (nSPS) is 11.7. The molecule has 1 aromatic heterocycles. The number of rotatable bonds is 12. The number of hydrogen-bond donors (Lipinski definition) is 3. The number of hydrogen-bond acceptors (Lipinski definition) is 7. The van der Waals surface area contributed by atoms with Gasteiger partial charge in [0.1, 0.15) is 17.9 Å². The molecule has 9 heteroatoms. The molecule has 3 aromatic carbocycles. The van der Waals surface area contributed by atoms with Crippen molar-refractivity contribution < 1.29 is 14.3 Å². The number of aromatic nitrogens is 2. The average Bonchev–Trinajstić information content (AvgIpc) is 2.95. The summed E-state index contributed by atoms with van der Waals surface area (Å²) in [5, 5.41) is 7.22. The highest BCUT2D eigenvalue weighted by atomic mass is 16.5. The number of likely N-dealkylation sites (N-methyl/N-ethyl adjacent to an activating group) is 1. The van der Waals surface area contributed by atoms with Gasteiger partial charge in [-0.25, -0.2) is 9.97 Å². The second-order valence-corrected chi connectivity index (χ2v) is 9.13. The fourth-order valence-electron chi connectivity index (χ4n) is 4.33. The van der Waals surface area contributed by atoms with Crippen molar-refractivity contribution in [2.75, 3.05) is 37.9 Å². The van der Waals surface area contributed by atoms with E-state index in [1.54, 1.807) is 43.5 Å². The molecule has 0 saturated heterocycles. The highest BCUT2D eigenvalue weighted by Crippen LogP contribution is 2.29. The van der Waals surface area contributed by atoms with E-state index in [4.69, 9.17) is 10.5 Å². The summed E-state index contributed by atoms with van der Waals surface area (Å²) in [5.41, 5.74) is 8.56. The van der Waals surface area contributed by atoms with Gasteiger partial charge in [-0.2, -0.15) is 0 Å². The van der Waals surface area contributed by atoms with Crippen molar-refractivity contribution in [3.8, 4) is 5.75 Å². The van der Waals surface area contributed by atoms with Crippen LogP contribution in [0.3, 0.4) is 0 Å². The van der Waals surface area contributed by atoms with E-state index >= 15 is 0 Å². The molecule has 1 heterocycles. The van der Waals surface area contributed by atoms with Crippen LogP contribution in [0.1, 0.15) is 38.7 Å². The van der Waals surface area contributed by atoms with E-state index in [2.05, 4.69) is 32.1 Å². The van der Waals surface area contributed by atoms with Crippen molar-refractivity contribution in [1.82, 2.24) is 14.9 Å². The van der Waals surface area contributed by atoms with Gasteiger partial charge < -0.3 is 26.0 Å². The molecule has 1 unspecified atom stereocenters. The number of carbonyl (C=O) groups is 2. The van der Waals surface area contributed by atoms with E-state index in [0.717, 1.165) is 25.1 Å². The Hall–Kier alpha value is -4.76. The largest absolute Gasteiger partial charge is 0.497 e. The topological polar surface area (TPSA) is 122 Å². The summed E-state index contributed by atoms with van der Waals surface area (Å²) < 4.78 is 5.18. The van der Waals surface area contributed by atoms with Crippen LogP contribution >= 0.6 is 0 Å². The minimum atomic E-state index is -0.548. The zero-order chi connectivity index (χ0) is 27.8. The maximum atomic E-state index is 12.9. The zero-order valence-corrected chi connectivity index (χ0v) is 22.1. The number of ether oxygens (including phenoxy) is 1. The number of primary amides is 1. The van der Waals surface area contributed by atoms with Gasteiger partial charge in [0.05, 0.1) is 24.2 Å². The molecule has 1 atom stereocenters. The molecular weight excluding hydrogens is 492 g/mol. The molecule has 2 amide bonds. The van der Waals surface area contributed by atoms with Crippen molar-refractivity contribution in [3.63, 3.8) is 0 Å². The second-order valence-electron chi connectivity index (χ2n) is 9.13. The molecule has 0 bridgehead atoms. The molecule has 4 N–H and O–H groups in total. The van der Waals surface area contributed by atoms with Gasteiger partial charge >= 0.3 is 0 Å². The maximum Gasteiger partial charge on any atom is 0.255 e. The van der Waals surface area contributed by atoms with E-state index in [1.807, 2.05) is 43.5 Å². The Morgan fingerprint density at radius 1 is 1.10 bits per heavy atom. The molecule has 0 fully saturated rings. The van der Waals surface area contributed by atoms with Crippen LogP contribution in [0.25, 0.3) is 10.9 Å². The standard InChI is InChI=1S/C30H32N6O3/c1-4-16-36(2)17-15-26(35-29-25-10-6-9-24(28(31)37)27(25)32-19-33-29)21-7-5-8-22(18-21)34-30(38)20-11-13-23(39-3)14-12-20/h4-14,18-19,26H,1,15-17H2,2-3H3,(H2,31,37)(H,34,38)(H,32,33,35). The molecule has 9 nitrogen and oxygen atoms in total. The molecule has 0 saturated carbocycles. The maximum absolute atomic E-state index is 12.9. The van der Waals surface area contributed by atoms with Gasteiger partial charge in [-0.3, -0.25) is 9.59 Å². The first-order chi connectivity index (χ1) is 18.9. The number of anilines is 2. The lowest BCUT2D eigenvalue weighted by Crippen LogP contribution is -2.24. The molecule has 200 valence electrons. The van der Waals surface area contributed by atoms with Crippen molar-refractivity contribution in [1.29, 1.82) is 0 Å². The van der Waals surface area contributed by atoms with Crippen LogP contribution in [-0.2, 0) is 0 Å². The Bertz CT molecular complexity index is 1470. The molecular formula is C30H32N6O3. The Labute approximate surface area is 227 Å². The van der Waals surface area contributed by atoms with Gasteiger partial charge in [-0.1, -0.05) is 24.3 Å². The Morgan fingerprint density at radius 2 is 1.87 bits per heavy atom.